The molecule has 1 aliphatic rings. The molecule has 1 aliphatic heterocycles. The number of benzene rings is 1. The molecule has 1 unspecified atom stereocenters. The van der Waals surface area contributed by atoms with Crippen LogP contribution in [0.1, 0.15) is 49.0 Å². The average molecular weight is 246 g/mol. The van der Waals surface area contributed by atoms with Gasteiger partial charge in [-0.3, -0.25) is 4.79 Å². The average Bonchev–Trinajstić information content (AvgIpc) is 2.82. The van der Waals surface area contributed by atoms with E-state index in [4.69, 9.17) is 4.74 Å². The molecular formula is C16H22O2. The van der Waals surface area contributed by atoms with Crippen LogP contribution in [-0.4, -0.2) is 18.5 Å². The molecule has 98 valence electrons. The number of carbonyl (C=O) groups excluding carboxylic acids is 1. The quantitative estimate of drug-likeness (QED) is 0.741. The molecule has 1 aromatic rings. The van der Waals surface area contributed by atoms with E-state index in [2.05, 4.69) is 26.0 Å². The second-order valence-electron chi connectivity index (χ2n) is 5.56. The second kappa shape index (κ2) is 6.14. The SMILES string of the molecule is CC(C)Cc1ccc(C(=O)CC2CCCO2)cc1. The molecule has 0 bridgehead atoms. The lowest BCUT2D eigenvalue weighted by atomic mass is 9.99. The molecule has 2 rings (SSSR count). The Morgan fingerprint density at radius 3 is 2.61 bits per heavy atom. The van der Waals surface area contributed by atoms with Gasteiger partial charge >= 0.3 is 0 Å². The minimum atomic E-state index is 0.146. The van der Waals surface area contributed by atoms with Crippen molar-refractivity contribution in [2.75, 3.05) is 6.61 Å². The Labute approximate surface area is 109 Å². The van der Waals surface area contributed by atoms with Crippen LogP contribution in [0.4, 0.5) is 0 Å². The van der Waals surface area contributed by atoms with Gasteiger partial charge in [0.05, 0.1) is 6.10 Å². The number of hydrogen-bond acceptors (Lipinski definition) is 2. The smallest absolute Gasteiger partial charge is 0.165 e. The highest BCUT2D eigenvalue weighted by Crippen LogP contribution is 2.18. The van der Waals surface area contributed by atoms with Crippen LogP contribution in [-0.2, 0) is 11.2 Å². The topological polar surface area (TPSA) is 26.3 Å². The molecule has 1 saturated heterocycles. The molecule has 2 nitrogen and oxygen atoms in total. The van der Waals surface area contributed by atoms with E-state index in [-0.39, 0.29) is 11.9 Å². The molecule has 0 spiro atoms. The van der Waals surface area contributed by atoms with E-state index in [0.29, 0.717) is 12.3 Å². The third-order valence-corrected chi connectivity index (χ3v) is 3.36. The summed E-state index contributed by atoms with van der Waals surface area (Å²) in [6.45, 7) is 5.22. The largest absolute Gasteiger partial charge is 0.378 e. The van der Waals surface area contributed by atoms with E-state index in [1.54, 1.807) is 0 Å². The molecule has 0 aromatic heterocycles. The predicted molar refractivity (Wildman–Crippen MR) is 72.9 cm³/mol. The van der Waals surface area contributed by atoms with Gasteiger partial charge in [-0.2, -0.15) is 0 Å². The van der Waals surface area contributed by atoms with Crippen LogP contribution in [0.15, 0.2) is 24.3 Å². The molecule has 0 radical (unpaired) electrons. The van der Waals surface area contributed by atoms with Crippen LogP contribution >= 0.6 is 0 Å². The maximum absolute atomic E-state index is 12.1. The lowest BCUT2D eigenvalue weighted by molar-refractivity contribution is 0.0775. The molecule has 1 fully saturated rings. The lowest BCUT2D eigenvalue weighted by Gasteiger charge is -2.09. The number of Topliss-reactive ketones (excluding diaryl/α,β-unsaturated/α-hetero) is 1. The van der Waals surface area contributed by atoms with Crippen molar-refractivity contribution in [1.82, 2.24) is 0 Å². The highest BCUT2D eigenvalue weighted by atomic mass is 16.5. The van der Waals surface area contributed by atoms with Crippen molar-refractivity contribution in [3.63, 3.8) is 0 Å². The first-order valence-electron chi connectivity index (χ1n) is 6.89. The maximum Gasteiger partial charge on any atom is 0.165 e. The summed E-state index contributed by atoms with van der Waals surface area (Å²) in [5.41, 5.74) is 2.12. The van der Waals surface area contributed by atoms with Crippen molar-refractivity contribution >= 4 is 5.78 Å². The van der Waals surface area contributed by atoms with Gasteiger partial charge in [-0.1, -0.05) is 38.1 Å². The molecule has 0 N–H and O–H groups in total. The minimum absolute atomic E-state index is 0.146. The van der Waals surface area contributed by atoms with Gasteiger partial charge in [-0.15, -0.1) is 0 Å². The number of rotatable bonds is 5. The fraction of sp³-hybridized carbons (Fsp3) is 0.562. The summed E-state index contributed by atoms with van der Waals surface area (Å²) < 4.78 is 5.50. The maximum atomic E-state index is 12.1. The molecule has 2 heteroatoms. The van der Waals surface area contributed by atoms with Gasteiger partial charge in [0, 0.05) is 18.6 Å². The van der Waals surface area contributed by atoms with Crippen LogP contribution in [0, 0.1) is 5.92 Å². The molecule has 0 saturated carbocycles. The van der Waals surface area contributed by atoms with Crippen LogP contribution in [0.5, 0.6) is 0 Å². The van der Waals surface area contributed by atoms with Crippen molar-refractivity contribution in [2.24, 2.45) is 5.92 Å². The molecular weight excluding hydrogens is 224 g/mol. The van der Waals surface area contributed by atoms with Crippen LogP contribution in [0.25, 0.3) is 0 Å². The molecule has 0 aliphatic carbocycles. The number of ketones is 1. The Balaban J connectivity index is 1.93. The first kappa shape index (κ1) is 13.3. The first-order valence-corrected chi connectivity index (χ1v) is 6.89. The van der Waals surface area contributed by atoms with Crippen molar-refractivity contribution in [3.05, 3.63) is 35.4 Å². The van der Waals surface area contributed by atoms with Crippen molar-refractivity contribution in [1.29, 1.82) is 0 Å². The highest BCUT2D eigenvalue weighted by molar-refractivity contribution is 5.96. The predicted octanol–water partition coefficient (Wildman–Crippen LogP) is 3.64. The van der Waals surface area contributed by atoms with E-state index < -0.39 is 0 Å². The molecule has 0 amide bonds. The Hall–Kier alpha value is -1.15. The van der Waals surface area contributed by atoms with Crippen molar-refractivity contribution in [3.8, 4) is 0 Å². The summed E-state index contributed by atoms with van der Waals surface area (Å²) in [5.74, 6) is 0.858. The lowest BCUT2D eigenvalue weighted by Crippen LogP contribution is -2.12. The summed E-state index contributed by atoms with van der Waals surface area (Å²) in [6, 6.07) is 8.05. The van der Waals surface area contributed by atoms with Crippen LogP contribution in [0.2, 0.25) is 0 Å². The standard InChI is InChI=1S/C16H22O2/c1-12(2)10-13-5-7-14(8-6-13)16(17)11-15-4-3-9-18-15/h5-8,12,15H,3-4,9-11H2,1-2H3. The normalized spacial score (nSPS) is 19.4. The van der Waals surface area contributed by atoms with Crippen LogP contribution < -0.4 is 0 Å². The first-order chi connectivity index (χ1) is 8.65. The van der Waals surface area contributed by atoms with Gasteiger partial charge < -0.3 is 4.74 Å². The van der Waals surface area contributed by atoms with Crippen LogP contribution in [0.3, 0.4) is 0 Å². The summed E-state index contributed by atoms with van der Waals surface area (Å²) in [5, 5.41) is 0. The van der Waals surface area contributed by atoms with E-state index in [9.17, 15) is 4.79 Å². The van der Waals surface area contributed by atoms with E-state index in [1.165, 1.54) is 5.56 Å². The number of carbonyl (C=O) groups is 1. The zero-order valence-corrected chi connectivity index (χ0v) is 11.3. The summed E-state index contributed by atoms with van der Waals surface area (Å²) in [6.07, 6.45) is 3.86. The highest BCUT2D eigenvalue weighted by Gasteiger charge is 2.19. The molecule has 1 aromatic carbocycles. The fourth-order valence-corrected chi connectivity index (χ4v) is 2.43. The van der Waals surface area contributed by atoms with E-state index >= 15 is 0 Å². The second-order valence-corrected chi connectivity index (χ2v) is 5.56. The minimum Gasteiger partial charge on any atom is -0.378 e. The third kappa shape index (κ3) is 3.67. The van der Waals surface area contributed by atoms with Gasteiger partial charge in [-0.05, 0) is 30.7 Å². The van der Waals surface area contributed by atoms with Gasteiger partial charge in [-0.25, -0.2) is 0 Å². The van der Waals surface area contributed by atoms with Gasteiger partial charge in [0.15, 0.2) is 5.78 Å². The van der Waals surface area contributed by atoms with Gasteiger partial charge in [0.1, 0.15) is 0 Å². The van der Waals surface area contributed by atoms with Crippen molar-refractivity contribution in [2.45, 2.75) is 45.6 Å². The Bertz CT molecular complexity index is 386. The van der Waals surface area contributed by atoms with Gasteiger partial charge in [0.2, 0.25) is 0 Å². The van der Waals surface area contributed by atoms with E-state index in [1.807, 2.05) is 12.1 Å². The number of ether oxygens (including phenoxy) is 1. The number of hydrogen-bond donors (Lipinski definition) is 0. The Morgan fingerprint density at radius 2 is 2.06 bits per heavy atom. The van der Waals surface area contributed by atoms with Gasteiger partial charge in [0.25, 0.3) is 0 Å². The molecule has 1 heterocycles. The summed E-state index contributed by atoms with van der Waals surface area (Å²) in [7, 11) is 0. The Kier molecular flexibility index (Phi) is 4.54. The molecule has 1 atom stereocenters. The fourth-order valence-electron chi connectivity index (χ4n) is 2.43. The third-order valence-electron chi connectivity index (χ3n) is 3.36. The van der Waals surface area contributed by atoms with E-state index in [0.717, 1.165) is 31.4 Å². The summed E-state index contributed by atoms with van der Waals surface area (Å²) >= 11 is 0. The Morgan fingerprint density at radius 1 is 1.33 bits per heavy atom. The molecule has 18 heavy (non-hydrogen) atoms. The monoisotopic (exact) mass is 246 g/mol. The summed E-state index contributed by atoms with van der Waals surface area (Å²) in [4.78, 5) is 12.1. The zero-order valence-electron chi connectivity index (χ0n) is 11.3. The zero-order chi connectivity index (χ0) is 13.0. The van der Waals surface area contributed by atoms with Crippen molar-refractivity contribution < 1.29 is 9.53 Å².